The molecule has 0 unspecified atom stereocenters. The lowest BCUT2D eigenvalue weighted by molar-refractivity contribution is 0.152. The maximum atomic E-state index is 12.0. The summed E-state index contributed by atoms with van der Waals surface area (Å²) < 4.78 is 50.7. The Labute approximate surface area is 113 Å². The second kappa shape index (κ2) is 7.47. The van der Waals surface area contributed by atoms with Crippen molar-refractivity contribution in [3.63, 3.8) is 0 Å². The minimum Gasteiger partial charge on any atom is -0.314 e. The Morgan fingerprint density at radius 3 is 2.32 bits per heavy atom. The van der Waals surface area contributed by atoms with Gasteiger partial charge >= 0.3 is 0 Å². The van der Waals surface area contributed by atoms with Gasteiger partial charge in [-0.3, -0.25) is 0 Å². The molecule has 0 aromatic heterocycles. The van der Waals surface area contributed by atoms with Gasteiger partial charge in [0.05, 0.1) is 6.54 Å². The van der Waals surface area contributed by atoms with Gasteiger partial charge in [-0.05, 0) is 25.3 Å². The van der Waals surface area contributed by atoms with E-state index in [0.717, 1.165) is 19.4 Å². The second-order valence-electron chi connectivity index (χ2n) is 5.15. The minimum absolute atomic E-state index is 0.392. The van der Waals surface area contributed by atoms with Gasteiger partial charge in [0.1, 0.15) is 0 Å². The lowest BCUT2D eigenvalue weighted by atomic mass is 9.98. The molecule has 0 aromatic carbocycles. The number of piperidine rings is 1. The third-order valence-corrected chi connectivity index (χ3v) is 4.72. The Balaban J connectivity index is 2.36. The van der Waals surface area contributed by atoms with Crippen LogP contribution in [0.5, 0.6) is 0 Å². The van der Waals surface area contributed by atoms with Crippen LogP contribution in [0, 0.1) is 5.92 Å². The fourth-order valence-corrected chi connectivity index (χ4v) is 3.23. The molecule has 1 aliphatic rings. The van der Waals surface area contributed by atoms with Crippen LogP contribution in [-0.2, 0) is 10.2 Å². The van der Waals surface area contributed by atoms with Crippen LogP contribution in [-0.4, -0.2) is 51.4 Å². The zero-order valence-electron chi connectivity index (χ0n) is 11.4. The minimum atomic E-state index is -3.75. The van der Waals surface area contributed by atoms with Gasteiger partial charge in [-0.25, -0.2) is 8.78 Å². The van der Waals surface area contributed by atoms with Crippen LogP contribution < -0.4 is 10.0 Å². The smallest absolute Gasteiger partial charge is 0.279 e. The van der Waals surface area contributed by atoms with Crippen molar-refractivity contribution in [3.05, 3.63) is 0 Å². The van der Waals surface area contributed by atoms with Gasteiger partial charge in [-0.1, -0.05) is 13.8 Å². The molecule has 0 saturated carbocycles. The van der Waals surface area contributed by atoms with Crippen molar-refractivity contribution < 1.29 is 17.2 Å². The van der Waals surface area contributed by atoms with E-state index in [1.807, 2.05) is 4.72 Å². The Hall–Kier alpha value is -0.310. The van der Waals surface area contributed by atoms with Crippen LogP contribution >= 0.6 is 0 Å². The lowest BCUT2D eigenvalue weighted by Crippen LogP contribution is -2.47. The summed E-state index contributed by atoms with van der Waals surface area (Å²) in [6.45, 7) is 4.96. The molecule has 1 rings (SSSR count). The summed E-state index contributed by atoms with van der Waals surface area (Å²) in [7, 11) is -3.75. The lowest BCUT2D eigenvalue weighted by Gasteiger charge is -2.31. The van der Waals surface area contributed by atoms with Gasteiger partial charge in [0, 0.05) is 19.1 Å². The molecule has 0 amide bonds. The molecule has 0 aromatic rings. The zero-order chi connectivity index (χ0) is 14.5. The van der Waals surface area contributed by atoms with Gasteiger partial charge in [0.15, 0.2) is 0 Å². The molecule has 1 fully saturated rings. The Kier molecular flexibility index (Phi) is 6.58. The molecule has 0 radical (unpaired) electrons. The monoisotopic (exact) mass is 299 g/mol. The van der Waals surface area contributed by atoms with Crippen molar-refractivity contribution in [2.24, 2.45) is 5.92 Å². The van der Waals surface area contributed by atoms with E-state index in [4.69, 9.17) is 0 Å². The van der Waals surface area contributed by atoms with Crippen LogP contribution in [0.15, 0.2) is 0 Å². The van der Waals surface area contributed by atoms with Crippen LogP contribution in [0.3, 0.4) is 0 Å². The molecule has 2 N–H and O–H groups in total. The average Bonchev–Trinajstić information content (AvgIpc) is 2.34. The molecule has 0 aliphatic carbocycles. The first-order valence-electron chi connectivity index (χ1n) is 6.57. The van der Waals surface area contributed by atoms with Crippen LogP contribution in [0.25, 0.3) is 0 Å². The van der Waals surface area contributed by atoms with Crippen molar-refractivity contribution in [1.82, 2.24) is 14.3 Å². The summed E-state index contributed by atoms with van der Waals surface area (Å²) in [4.78, 5) is 0. The highest BCUT2D eigenvalue weighted by Crippen LogP contribution is 2.18. The standard InChI is InChI=1S/C11H23F2N3O2S/c1-9(2)14-7-10-3-5-16(6-4-10)19(17,18)15-8-11(12)13/h9-11,14-15H,3-8H2,1-2H3. The summed E-state index contributed by atoms with van der Waals surface area (Å²) in [6.07, 6.45) is -1.15. The fraction of sp³-hybridized carbons (Fsp3) is 1.00. The molecule has 0 atom stereocenters. The molecule has 8 heteroatoms. The van der Waals surface area contributed by atoms with Crippen molar-refractivity contribution >= 4 is 10.2 Å². The van der Waals surface area contributed by atoms with Gasteiger partial charge in [-0.2, -0.15) is 17.4 Å². The van der Waals surface area contributed by atoms with Gasteiger partial charge in [0.25, 0.3) is 16.6 Å². The molecular weight excluding hydrogens is 276 g/mol. The number of nitrogens with one attached hydrogen (secondary N) is 2. The zero-order valence-corrected chi connectivity index (χ0v) is 12.2. The van der Waals surface area contributed by atoms with Crippen LogP contribution in [0.4, 0.5) is 8.78 Å². The number of rotatable bonds is 7. The van der Waals surface area contributed by atoms with E-state index in [1.165, 1.54) is 4.31 Å². The third-order valence-electron chi connectivity index (χ3n) is 3.15. The van der Waals surface area contributed by atoms with E-state index in [0.29, 0.717) is 25.0 Å². The first kappa shape index (κ1) is 16.7. The van der Waals surface area contributed by atoms with E-state index in [-0.39, 0.29) is 0 Å². The first-order chi connectivity index (χ1) is 8.81. The third kappa shape index (κ3) is 6.11. The Morgan fingerprint density at radius 2 is 1.84 bits per heavy atom. The molecule has 0 spiro atoms. The topological polar surface area (TPSA) is 61.4 Å². The first-order valence-corrected chi connectivity index (χ1v) is 8.01. The van der Waals surface area contributed by atoms with Gasteiger partial charge in [0.2, 0.25) is 0 Å². The fourth-order valence-electron chi connectivity index (χ4n) is 2.02. The predicted octanol–water partition coefficient (Wildman–Crippen LogP) is 0.796. The van der Waals surface area contributed by atoms with Crippen molar-refractivity contribution in [2.45, 2.75) is 39.2 Å². The predicted molar refractivity (Wildman–Crippen MR) is 70.4 cm³/mol. The van der Waals surface area contributed by atoms with Gasteiger partial charge < -0.3 is 5.32 Å². The summed E-state index contributed by atoms with van der Waals surface area (Å²) in [5, 5.41) is 3.33. The van der Waals surface area contributed by atoms with E-state index >= 15 is 0 Å². The van der Waals surface area contributed by atoms with Crippen molar-refractivity contribution in [3.8, 4) is 0 Å². The Morgan fingerprint density at radius 1 is 1.26 bits per heavy atom. The normalized spacial score (nSPS) is 19.5. The number of hydrogen-bond acceptors (Lipinski definition) is 3. The van der Waals surface area contributed by atoms with Crippen molar-refractivity contribution in [1.29, 1.82) is 0 Å². The number of hydrogen-bond donors (Lipinski definition) is 2. The molecule has 114 valence electrons. The largest absolute Gasteiger partial charge is 0.314 e. The number of alkyl halides is 2. The molecule has 19 heavy (non-hydrogen) atoms. The number of halogens is 2. The quantitative estimate of drug-likeness (QED) is 0.731. The van der Waals surface area contributed by atoms with E-state index in [9.17, 15) is 17.2 Å². The highest BCUT2D eigenvalue weighted by Gasteiger charge is 2.28. The maximum Gasteiger partial charge on any atom is 0.279 e. The van der Waals surface area contributed by atoms with E-state index in [2.05, 4.69) is 19.2 Å². The Bertz CT molecular complexity index is 355. The highest BCUT2D eigenvalue weighted by molar-refractivity contribution is 7.87. The summed E-state index contributed by atoms with van der Waals surface area (Å²) in [5.74, 6) is 0.448. The maximum absolute atomic E-state index is 12.0. The average molecular weight is 299 g/mol. The highest BCUT2D eigenvalue weighted by atomic mass is 32.2. The number of nitrogens with zero attached hydrogens (tertiary/aromatic N) is 1. The summed E-state index contributed by atoms with van der Waals surface area (Å²) in [6, 6.07) is 0.412. The molecular formula is C11H23F2N3O2S. The van der Waals surface area contributed by atoms with Crippen LogP contribution in [0.2, 0.25) is 0 Å². The van der Waals surface area contributed by atoms with E-state index < -0.39 is 23.2 Å². The molecule has 1 aliphatic heterocycles. The SMILES string of the molecule is CC(C)NCC1CCN(S(=O)(=O)NCC(F)F)CC1. The van der Waals surface area contributed by atoms with Crippen molar-refractivity contribution in [2.75, 3.05) is 26.2 Å². The summed E-state index contributed by atoms with van der Waals surface area (Å²) in [5.41, 5.74) is 0. The molecule has 0 bridgehead atoms. The van der Waals surface area contributed by atoms with Crippen LogP contribution in [0.1, 0.15) is 26.7 Å². The summed E-state index contributed by atoms with van der Waals surface area (Å²) >= 11 is 0. The van der Waals surface area contributed by atoms with E-state index in [1.54, 1.807) is 0 Å². The molecule has 1 saturated heterocycles. The molecule has 1 heterocycles. The second-order valence-corrected chi connectivity index (χ2v) is 6.91. The van der Waals surface area contributed by atoms with Gasteiger partial charge in [-0.15, -0.1) is 0 Å². The molecule has 5 nitrogen and oxygen atoms in total.